The van der Waals surface area contributed by atoms with E-state index in [-0.39, 0.29) is 0 Å². The number of anilines is 1. The minimum absolute atomic E-state index is 0.443. The van der Waals surface area contributed by atoms with Gasteiger partial charge in [0.25, 0.3) is 0 Å². The molecule has 1 aromatic heterocycles. The zero-order valence-electron chi connectivity index (χ0n) is 10.5. The normalized spacial score (nSPS) is 18.6. The standard InChI is InChI=1S/C12H18BrClN4/c1-9(18-5-3-2-4-6-18)7-15-12-10(13)11(14)16-8-17-12/h8-9H,2-7H2,1H3,(H,15,16,17). The maximum absolute atomic E-state index is 5.93. The highest BCUT2D eigenvalue weighted by Crippen LogP contribution is 2.26. The molecular weight excluding hydrogens is 316 g/mol. The second-order valence-electron chi connectivity index (χ2n) is 4.65. The summed E-state index contributed by atoms with van der Waals surface area (Å²) in [4.78, 5) is 10.6. The van der Waals surface area contributed by atoms with Crippen LogP contribution >= 0.6 is 27.5 Å². The fourth-order valence-corrected chi connectivity index (χ4v) is 2.68. The Morgan fingerprint density at radius 3 is 2.83 bits per heavy atom. The highest BCUT2D eigenvalue weighted by Gasteiger charge is 2.17. The fraction of sp³-hybridized carbons (Fsp3) is 0.667. The van der Waals surface area contributed by atoms with Crippen LogP contribution in [-0.4, -0.2) is 40.5 Å². The number of piperidine rings is 1. The van der Waals surface area contributed by atoms with Gasteiger partial charge < -0.3 is 5.32 Å². The van der Waals surface area contributed by atoms with Crippen molar-refractivity contribution in [3.63, 3.8) is 0 Å². The third-order valence-electron chi connectivity index (χ3n) is 3.33. The summed E-state index contributed by atoms with van der Waals surface area (Å²) in [7, 11) is 0. The average Bonchev–Trinajstić information content (AvgIpc) is 2.41. The van der Waals surface area contributed by atoms with Crippen LogP contribution in [0.1, 0.15) is 26.2 Å². The lowest BCUT2D eigenvalue weighted by Crippen LogP contribution is -2.41. The van der Waals surface area contributed by atoms with E-state index >= 15 is 0 Å². The SMILES string of the molecule is CC(CNc1ncnc(Cl)c1Br)N1CCCCC1. The Hall–Kier alpha value is -0.390. The third-order valence-corrected chi connectivity index (χ3v) is 4.59. The van der Waals surface area contributed by atoms with Gasteiger partial charge in [-0.05, 0) is 48.8 Å². The zero-order chi connectivity index (χ0) is 13.0. The molecule has 18 heavy (non-hydrogen) atoms. The van der Waals surface area contributed by atoms with Gasteiger partial charge in [0.1, 0.15) is 17.3 Å². The highest BCUT2D eigenvalue weighted by atomic mass is 79.9. The van der Waals surface area contributed by atoms with Gasteiger partial charge in [-0.2, -0.15) is 0 Å². The van der Waals surface area contributed by atoms with Crippen LogP contribution in [0.3, 0.4) is 0 Å². The van der Waals surface area contributed by atoms with Crippen molar-refractivity contribution in [1.29, 1.82) is 0 Å². The first-order valence-corrected chi connectivity index (χ1v) is 7.49. The van der Waals surface area contributed by atoms with Crippen LogP contribution in [0.5, 0.6) is 0 Å². The van der Waals surface area contributed by atoms with Crippen molar-refractivity contribution in [3.8, 4) is 0 Å². The molecule has 1 atom stereocenters. The number of hydrogen-bond acceptors (Lipinski definition) is 4. The first kappa shape index (κ1) is 14.0. The van der Waals surface area contributed by atoms with Crippen LogP contribution in [0.25, 0.3) is 0 Å². The van der Waals surface area contributed by atoms with Crippen molar-refractivity contribution in [3.05, 3.63) is 16.0 Å². The lowest BCUT2D eigenvalue weighted by Gasteiger charge is -2.32. The van der Waals surface area contributed by atoms with Crippen molar-refractivity contribution in [2.24, 2.45) is 0 Å². The predicted molar refractivity (Wildman–Crippen MR) is 78.1 cm³/mol. The van der Waals surface area contributed by atoms with E-state index in [1.165, 1.54) is 38.7 Å². The quantitative estimate of drug-likeness (QED) is 0.859. The molecule has 0 radical (unpaired) electrons. The topological polar surface area (TPSA) is 41.1 Å². The number of nitrogens with zero attached hydrogens (tertiary/aromatic N) is 3. The Bertz CT molecular complexity index is 396. The number of likely N-dealkylation sites (tertiary alicyclic amines) is 1. The van der Waals surface area contributed by atoms with Gasteiger partial charge in [-0.3, -0.25) is 4.90 Å². The number of aromatic nitrogens is 2. The number of hydrogen-bond donors (Lipinski definition) is 1. The number of nitrogens with one attached hydrogen (secondary N) is 1. The molecule has 1 saturated heterocycles. The van der Waals surface area contributed by atoms with Crippen LogP contribution in [0.4, 0.5) is 5.82 Å². The van der Waals surface area contributed by atoms with Crippen molar-refractivity contribution < 1.29 is 0 Å². The van der Waals surface area contributed by atoms with E-state index in [0.717, 1.165) is 16.8 Å². The van der Waals surface area contributed by atoms with Crippen LogP contribution in [0, 0.1) is 0 Å². The fourth-order valence-electron chi connectivity index (χ4n) is 2.20. The lowest BCUT2D eigenvalue weighted by atomic mass is 10.1. The molecule has 1 unspecified atom stereocenters. The molecule has 1 N–H and O–H groups in total. The molecule has 0 saturated carbocycles. The van der Waals surface area contributed by atoms with Gasteiger partial charge in [0.05, 0.1) is 4.47 Å². The van der Waals surface area contributed by atoms with Gasteiger partial charge in [0.15, 0.2) is 0 Å². The third kappa shape index (κ3) is 3.56. The summed E-state index contributed by atoms with van der Waals surface area (Å²) in [5.41, 5.74) is 0. The minimum atomic E-state index is 0.443. The predicted octanol–water partition coefficient (Wildman–Crippen LogP) is 3.18. The van der Waals surface area contributed by atoms with Crippen molar-refractivity contribution >= 4 is 33.3 Å². The number of rotatable bonds is 4. The van der Waals surface area contributed by atoms with Crippen LogP contribution in [-0.2, 0) is 0 Å². The minimum Gasteiger partial charge on any atom is -0.367 e. The van der Waals surface area contributed by atoms with Gasteiger partial charge in [-0.1, -0.05) is 18.0 Å². The monoisotopic (exact) mass is 332 g/mol. The molecule has 4 nitrogen and oxygen atoms in total. The average molecular weight is 334 g/mol. The summed E-state index contributed by atoms with van der Waals surface area (Å²) in [6.07, 6.45) is 5.46. The van der Waals surface area contributed by atoms with Crippen molar-refractivity contribution in [2.45, 2.75) is 32.2 Å². The maximum atomic E-state index is 5.93. The van der Waals surface area contributed by atoms with Gasteiger partial charge in [0.2, 0.25) is 0 Å². The smallest absolute Gasteiger partial charge is 0.148 e. The molecule has 0 aromatic carbocycles. The lowest BCUT2D eigenvalue weighted by molar-refractivity contribution is 0.180. The Morgan fingerprint density at radius 1 is 1.39 bits per heavy atom. The van der Waals surface area contributed by atoms with E-state index in [1.54, 1.807) is 0 Å². The molecule has 1 aliphatic rings. The second-order valence-corrected chi connectivity index (χ2v) is 5.80. The molecule has 0 amide bonds. The first-order valence-electron chi connectivity index (χ1n) is 6.32. The Labute approximate surface area is 121 Å². The van der Waals surface area contributed by atoms with E-state index in [4.69, 9.17) is 11.6 Å². The van der Waals surface area contributed by atoms with Crippen molar-refractivity contribution in [1.82, 2.24) is 14.9 Å². The molecule has 100 valence electrons. The Balaban J connectivity index is 1.88. The van der Waals surface area contributed by atoms with Crippen LogP contribution in [0.2, 0.25) is 5.15 Å². The molecule has 2 rings (SSSR count). The summed E-state index contributed by atoms with van der Waals surface area (Å²) >= 11 is 9.32. The molecule has 1 aromatic rings. The van der Waals surface area contributed by atoms with E-state index in [2.05, 4.69) is 43.0 Å². The van der Waals surface area contributed by atoms with E-state index in [9.17, 15) is 0 Å². The summed E-state index contributed by atoms with van der Waals surface area (Å²) in [6, 6.07) is 0.506. The highest BCUT2D eigenvalue weighted by molar-refractivity contribution is 9.10. The second kappa shape index (κ2) is 6.68. The van der Waals surface area contributed by atoms with Crippen molar-refractivity contribution in [2.75, 3.05) is 25.0 Å². The summed E-state index contributed by atoms with van der Waals surface area (Å²) in [5.74, 6) is 0.763. The van der Waals surface area contributed by atoms with E-state index in [1.807, 2.05) is 0 Å². The molecular formula is C12H18BrClN4. The zero-order valence-corrected chi connectivity index (χ0v) is 12.8. The maximum Gasteiger partial charge on any atom is 0.148 e. The van der Waals surface area contributed by atoms with Crippen LogP contribution in [0.15, 0.2) is 10.8 Å². The molecule has 6 heteroatoms. The Kier molecular flexibility index (Phi) is 5.21. The number of halogens is 2. The summed E-state index contributed by atoms with van der Waals surface area (Å²) < 4.78 is 0.734. The summed E-state index contributed by atoms with van der Waals surface area (Å²) in [5, 5.41) is 3.77. The molecule has 0 bridgehead atoms. The van der Waals surface area contributed by atoms with Crippen LogP contribution < -0.4 is 5.32 Å². The molecule has 0 aliphatic carbocycles. The summed E-state index contributed by atoms with van der Waals surface area (Å²) in [6.45, 7) is 5.52. The van der Waals surface area contributed by atoms with E-state index in [0.29, 0.717) is 11.2 Å². The Morgan fingerprint density at radius 2 is 2.11 bits per heavy atom. The van der Waals surface area contributed by atoms with Gasteiger partial charge in [0, 0.05) is 12.6 Å². The van der Waals surface area contributed by atoms with Gasteiger partial charge in [-0.15, -0.1) is 0 Å². The molecule has 0 spiro atoms. The molecule has 1 fully saturated rings. The van der Waals surface area contributed by atoms with Gasteiger partial charge >= 0.3 is 0 Å². The molecule has 1 aliphatic heterocycles. The first-order chi connectivity index (χ1) is 8.68. The largest absolute Gasteiger partial charge is 0.367 e. The van der Waals surface area contributed by atoms with Gasteiger partial charge in [-0.25, -0.2) is 9.97 Å². The van der Waals surface area contributed by atoms with E-state index < -0.39 is 0 Å². The molecule has 2 heterocycles.